The van der Waals surface area contributed by atoms with E-state index in [9.17, 15) is 4.79 Å². The first-order valence-corrected chi connectivity index (χ1v) is 4.99. The highest BCUT2D eigenvalue weighted by Gasteiger charge is 2.22. The Balaban J connectivity index is 2.45. The Kier molecular flexibility index (Phi) is 2.00. The maximum absolute atomic E-state index is 11.7. The maximum Gasteiger partial charge on any atom is 0.267 e. The topological polar surface area (TPSA) is 29.5 Å². The monoisotopic (exact) mass is 197 g/mol. The third-order valence-electron chi connectivity index (χ3n) is 2.05. The van der Waals surface area contributed by atoms with Gasteiger partial charge in [0.1, 0.15) is 17.2 Å². The molecule has 0 spiro atoms. The molecule has 0 bridgehead atoms. The molecule has 1 aliphatic heterocycles. The molecular formula is C9H11NO2S. The molecule has 1 amide bonds. The summed E-state index contributed by atoms with van der Waals surface area (Å²) in [4.78, 5) is 15.3. The van der Waals surface area contributed by atoms with Gasteiger partial charge in [0.2, 0.25) is 0 Å². The van der Waals surface area contributed by atoms with Crippen LogP contribution in [0, 0.1) is 6.92 Å². The SMILES string of the molecule is Cc1cc2c(s1)C(=O)N(C)CCO2. The molecule has 0 fully saturated rings. The van der Waals surface area contributed by atoms with E-state index in [1.165, 1.54) is 11.3 Å². The van der Waals surface area contributed by atoms with Crippen LogP contribution in [-0.2, 0) is 0 Å². The number of carbonyl (C=O) groups excluding carboxylic acids is 1. The number of hydrogen-bond donors (Lipinski definition) is 0. The minimum absolute atomic E-state index is 0.0746. The summed E-state index contributed by atoms with van der Waals surface area (Å²) in [5, 5.41) is 0. The van der Waals surface area contributed by atoms with E-state index in [0.717, 1.165) is 15.5 Å². The Morgan fingerprint density at radius 3 is 3.15 bits per heavy atom. The summed E-state index contributed by atoms with van der Waals surface area (Å²) in [6, 6.07) is 1.93. The van der Waals surface area contributed by atoms with E-state index in [1.54, 1.807) is 11.9 Å². The van der Waals surface area contributed by atoms with Gasteiger partial charge in [-0.1, -0.05) is 0 Å². The maximum atomic E-state index is 11.7. The van der Waals surface area contributed by atoms with Crippen LogP contribution in [0.3, 0.4) is 0 Å². The van der Waals surface area contributed by atoms with Gasteiger partial charge in [-0.15, -0.1) is 11.3 Å². The molecule has 0 atom stereocenters. The third-order valence-corrected chi connectivity index (χ3v) is 3.07. The van der Waals surface area contributed by atoms with Crippen LogP contribution in [-0.4, -0.2) is 31.0 Å². The summed E-state index contributed by atoms with van der Waals surface area (Å²) < 4.78 is 5.46. The van der Waals surface area contributed by atoms with E-state index in [0.29, 0.717) is 13.2 Å². The van der Waals surface area contributed by atoms with Gasteiger partial charge in [0.15, 0.2) is 0 Å². The molecule has 70 valence electrons. The van der Waals surface area contributed by atoms with E-state index < -0.39 is 0 Å². The molecule has 2 heterocycles. The molecule has 2 rings (SSSR count). The Morgan fingerprint density at radius 2 is 2.38 bits per heavy atom. The summed E-state index contributed by atoms with van der Waals surface area (Å²) in [7, 11) is 1.80. The van der Waals surface area contributed by atoms with Gasteiger partial charge in [0, 0.05) is 11.9 Å². The average molecular weight is 197 g/mol. The van der Waals surface area contributed by atoms with Gasteiger partial charge in [-0.3, -0.25) is 4.79 Å². The van der Waals surface area contributed by atoms with Crippen molar-refractivity contribution in [2.24, 2.45) is 0 Å². The fourth-order valence-corrected chi connectivity index (χ4v) is 2.26. The second kappa shape index (κ2) is 3.03. The number of likely N-dealkylation sites (N-methyl/N-ethyl adjacent to an activating group) is 1. The second-order valence-electron chi connectivity index (χ2n) is 3.13. The molecule has 1 aliphatic rings. The first-order chi connectivity index (χ1) is 6.18. The van der Waals surface area contributed by atoms with Crippen LogP contribution in [0.2, 0.25) is 0 Å². The summed E-state index contributed by atoms with van der Waals surface area (Å²) in [5.74, 6) is 0.822. The fourth-order valence-electron chi connectivity index (χ4n) is 1.31. The summed E-state index contributed by atoms with van der Waals surface area (Å²) in [6.45, 7) is 3.24. The highest BCUT2D eigenvalue weighted by atomic mass is 32.1. The van der Waals surface area contributed by atoms with Crippen molar-refractivity contribution in [2.45, 2.75) is 6.92 Å². The zero-order valence-electron chi connectivity index (χ0n) is 7.66. The zero-order chi connectivity index (χ0) is 9.42. The van der Waals surface area contributed by atoms with Crippen LogP contribution >= 0.6 is 11.3 Å². The van der Waals surface area contributed by atoms with Gasteiger partial charge in [-0.25, -0.2) is 0 Å². The molecule has 0 radical (unpaired) electrons. The Labute approximate surface area is 80.9 Å². The van der Waals surface area contributed by atoms with E-state index in [4.69, 9.17) is 4.74 Å². The second-order valence-corrected chi connectivity index (χ2v) is 4.38. The van der Waals surface area contributed by atoms with E-state index >= 15 is 0 Å². The Morgan fingerprint density at radius 1 is 1.62 bits per heavy atom. The molecule has 13 heavy (non-hydrogen) atoms. The molecule has 1 aromatic rings. The number of fused-ring (bicyclic) bond motifs is 1. The van der Waals surface area contributed by atoms with Crippen LogP contribution in [0.4, 0.5) is 0 Å². The van der Waals surface area contributed by atoms with Crippen molar-refractivity contribution < 1.29 is 9.53 Å². The number of thiophene rings is 1. The molecule has 1 aromatic heterocycles. The number of amides is 1. The molecule has 0 aliphatic carbocycles. The number of aryl methyl sites for hydroxylation is 1. The summed E-state index contributed by atoms with van der Waals surface area (Å²) in [5.41, 5.74) is 0. The quantitative estimate of drug-likeness (QED) is 0.631. The zero-order valence-corrected chi connectivity index (χ0v) is 8.48. The van der Waals surface area contributed by atoms with Crippen molar-refractivity contribution in [3.8, 4) is 5.75 Å². The van der Waals surface area contributed by atoms with Crippen LogP contribution < -0.4 is 4.74 Å². The standard InChI is InChI=1S/C9H11NO2S/c1-6-5-7-8(13-6)9(11)10(2)3-4-12-7/h5H,3-4H2,1-2H3. The summed E-state index contributed by atoms with van der Waals surface area (Å²) in [6.07, 6.45) is 0. The normalized spacial score (nSPS) is 16.5. The van der Waals surface area contributed by atoms with Crippen molar-refractivity contribution in [3.63, 3.8) is 0 Å². The van der Waals surface area contributed by atoms with Gasteiger partial charge in [0.05, 0.1) is 6.54 Å². The van der Waals surface area contributed by atoms with E-state index in [1.807, 2.05) is 13.0 Å². The molecule has 0 saturated carbocycles. The lowest BCUT2D eigenvalue weighted by Crippen LogP contribution is -2.27. The molecule has 0 saturated heterocycles. The number of rotatable bonds is 0. The van der Waals surface area contributed by atoms with Gasteiger partial charge in [-0.05, 0) is 13.0 Å². The minimum atomic E-state index is 0.0746. The smallest absolute Gasteiger partial charge is 0.267 e. The van der Waals surface area contributed by atoms with Gasteiger partial charge >= 0.3 is 0 Å². The van der Waals surface area contributed by atoms with Gasteiger partial charge < -0.3 is 9.64 Å². The largest absolute Gasteiger partial charge is 0.490 e. The fraction of sp³-hybridized carbons (Fsp3) is 0.444. The molecule has 0 N–H and O–H groups in total. The molecule has 4 heteroatoms. The minimum Gasteiger partial charge on any atom is -0.490 e. The number of nitrogens with zero attached hydrogens (tertiary/aromatic N) is 1. The molecule has 0 aromatic carbocycles. The molecule has 0 unspecified atom stereocenters. The first-order valence-electron chi connectivity index (χ1n) is 4.17. The third kappa shape index (κ3) is 1.42. The highest BCUT2D eigenvalue weighted by molar-refractivity contribution is 7.14. The van der Waals surface area contributed by atoms with E-state index in [2.05, 4.69) is 0 Å². The Bertz CT molecular complexity index is 345. The predicted molar refractivity (Wildman–Crippen MR) is 51.5 cm³/mol. The molecule has 3 nitrogen and oxygen atoms in total. The van der Waals surface area contributed by atoms with Crippen molar-refractivity contribution in [1.29, 1.82) is 0 Å². The van der Waals surface area contributed by atoms with Gasteiger partial charge in [-0.2, -0.15) is 0 Å². The van der Waals surface area contributed by atoms with Crippen LogP contribution in [0.1, 0.15) is 14.5 Å². The van der Waals surface area contributed by atoms with Crippen molar-refractivity contribution in [3.05, 3.63) is 15.8 Å². The predicted octanol–water partition coefficient (Wildman–Crippen LogP) is 1.52. The average Bonchev–Trinajstić information content (AvgIpc) is 2.40. The van der Waals surface area contributed by atoms with Crippen molar-refractivity contribution in [2.75, 3.05) is 20.2 Å². The van der Waals surface area contributed by atoms with Crippen molar-refractivity contribution in [1.82, 2.24) is 4.90 Å². The number of carbonyl (C=O) groups is 1. The van der Waals surface area contributed by atoms with Crippen LogP contribution in [0.25, 0.3) is 0 Å². The van der Waals surface area contributed by atoms with Crippen LogP contribution in [0.15, 0.2) is 6.07 Å². The first kappa shape index (κ1) is 8.56. The number of hydrogen-bond acceptors (Lipinski definition) is 3. The highest BCUT2D eigenvalue weighted by Crippen LogP contribution is 2.31. The lowest BCUT2D eigenvalue weighted by Gasteiger charge is -2.11. The van der Waals surface area contributed by atoms with Gasteiger partial charge in [0.25, 0.3) is 5.91 Å². The summed E-state index contributed by atoms with van der Waals surface area (Å²) >= 11 is 1.50. The van der Waals surface area contributed by atoms with Crippen LogP contribution in [0.5, 0.6) is 5.75 Å². The Hall–Kier alpha value is -1.03. The number of ether oxygens (including phenoxy) is 1. The molecular weight excluding hydrogens is 186 g/mol. The van der Waals surface area contributed by atoms with Crippen molar-refractivity contribution >= 4 is 17.2 Å². The lowest BCUT2D eigenvalue weighted by atomic mass is 10.4. The van der Waals surface area contributed by atoms with E-state index in [-0.39, 0.29) is 5.91 Å². The lowest BCUT2D eigenvalue weighted by molar-refractivity contribution is 0.0800.